The highest BCUT2D eigenvalue weighted by Crippen LogP contribution is 2.36. The fourth-order valence-corrected chi connectivity index (χ4v) is 4.49. The molecule has 2 heterocycles. The number of para-hydroxylation sites is 1. The minimum Gasteiger partial charge on any atom is -0.494 e. The molecule has 2 atom stereocenters. The normalized spacial score (nSPS) is 13.2. The van der Waals surface area contributed by atoms with Crippen LogP contribution in [0.1, 0.15) is 31.4 Å². The van der Waals surface area contributed by atoms with Crippen molar-refractivity contribution < 1.29 is 27.4 Å². The van der Waals surface area contributed by atoms with Gasteiger partial charge in [0.2, 0.25) is 16.0 Å². The third-order valence-corrected chi connectivity index (χ3v) is 7.20. The molecule has 0 aliphatic rings. The number of benzene rings is 1. The maximum absolute atomic E-state index is 13.3. The lowest BCUT2D eigenvalue weighted by atomic mass is 10.1. The van der Waals surface area contributed by atoms with Crippen LogP contribution in [0.3, 0.4) is 0 Å². The van der Waals surface area contributed by atoms with Crippen molar-refractivity contribution in [2.45, 2.75) is 31.6 Å². The standard InChI is InChI=1S/C21H28N6O6S/c1-13(20-22-10-15(31-4)11-23-20)14(2)34(28,29)26-21-25-24-18(12-30-3)27(21)19-16(32-5)8-7-9-17(19)33-6/h7-11,13-14H,12H2,1-6H3,(H,25,26)/t13-,14-/m1/s1. The summed E-state index contributed by atoms with van der Waals surface area (Å²) in [6.45, 7) is 3.37. The first-order valence-corrected chi connectivity index (χ1v) is 11.8. The molecule has 2 aromatic heterocycles. The van der Waals surface area contributed by atoms with Crippen molar-refractivity contribution in [2.75, 3.05) is 33.2 Å². The number of sulfonamides is 1. The van der Waals surface area contributed by atoms with E-state index >= 15 is 0 Å². The lowest BCUT2D eigenvalue weighted by molar-refractivity contribution is 0.176. The fourth-order valence-electron chi connectivity index (χ4n) is 3.26. The zero-order valence-electron chi connectivity index (χ0n) is 19.8. The summed E-state index contributed by atoms with van der Waals surface area (Å²) < 4.78 is 52.0. The number of nitrogens with one attached hydrogen (secondary N) is 1. The highest BCUT2D eigenvalue weighted by molar-refractivity contribution is 7.93. The molecule has 0 unspecified atom stereocenters. The van der Waals surface area contributed by atoms with Gasteiger partial charge < -0.3 is 18.9 Å². The quantitative estimate of drug-likeness (QED) is 0.423. The molecule has 1 aromatic carbocycles. The van der Waals surface area contributed by atoms with Gasteiger partial charge in [0.25, 0.3) is 0 Å². The van der Waals surface area contributed by atoms with E-state index in [9.17, 15) is 8.42 Å². The van der Waals surface area contributed by atoms with Crippen LogP contribution in [0.4, 0.5) is 5.95 Å². The zero-order valence-corrected chi connectivity index (χ0v) is 20.7. The SMILES string of the molecule is COCc1nnc(NS(=O)(=O)[C@H](C)[C@@H](C)c2ncc(OC)cn2)n1-c1c(OC)cccc1OC. The van der Waals surface area contributed by atoms with E-state index in [1.807, 2.05) is 0 Å². The molecule has 13 heteroatoms. The summed E-state index contributed by atoms with van der Waals surface area (Å²) in [5.74, 6) is 1.50. The Labute approximate surface area is 198 Å². The molecule has 0 spiro atoms. The van der Waals surface area contributed by atoms with Crippen molar-refractivity contribution >= 4 is 16.0 Å². The maximum Gasteiger partial charge on any atom is 0.243 e. The topological polar surface area (TPSA) is 140 Å². The summed E-state index contributed by atoms with van der Waals surface area (Å²) in [5.41, 5.74) is 0.432. The predicted octanol–water partition coefficient (Wildman–Crippen LogP) is 2.16. The van der Waals surface area contributed by atoms with Crippen LogP contribution in [0.15, 0.2) is 30.6 Å². The van der Waals surface area contributed by atoms with E-state index in [1.165, 1.54) is 45.4 Å². The van der Waals surface area contributed by atoms with Crippen molar-refractivity contribution in [1.29, 1.82) is 0 Å². The molecular formula is C21H28N6O6S. The van der Waals surface area contributed by atoms with Crippen LogP contribution in [-0.4, -0.2) is 66.8 Å². The summed E-state index contributed by atoms with van der Waals surface area (Å²) in [6, 6.07) is 5.20. The smallest absolute Gasteiger partial charge is 0.243 e. The summed E-state index contributed by atoms with van der Waals surface area (Å²) in [6.07, 6.45) is 2.99. The molecule has 0 aliphatic heterocycles. The van der Waals surface area contributed by atoms with Gasteiger partial charge in [-0.25, -0.2) is 18.4 Å². The Morgan fingerprint density at radius 3 is 2.12 bits per heavy atom. The summed E-state index contributed by atoms with van der Waals surface area (Å²) >= 11 is 0. The molecule has 0 amide bonds. The van der Waals surface area contributed by atoms with Crippen molar-refractivity contribution in [3.05, 3.63) is 42.2 Å². The Morgan fingerprint density at radius 1 is 0.971 bits per heavy atom. The predicted molar refractivity (Wildman–Crippen MR) is 124 cm³/mol. The zero-order chi connectivity index (χ0) is 24.9. The van der Waals surface area contributed by atoms with Crippen molar-refractivity contribution in [1.82, 2.24) is 24.7 Å². The lowest BCUT2D eigenvalue weighted by Gasteiger charge is -2.21. The van der Waals surface area contributed by atoms with Gasteiger partial charge in [-0.05, 0) is 19.1 Å². The van der Waals surface area contributed by atoms with Gasteiger partial charge in [0, 0.05) is 13.0 Å². The molecule has 34 heavy (non-hydrogen) atoms. The molecule has 0 fully saturated rings. The number of aromatic nitrogens is 5. The molecule has 184 valence electrons. The number of hydrogen-bond donors (Lipinski definition) is 1. The van der Waals surface area contributed by atoms with E-state index in [-0.39, 0.29) is 12.6 Å². The van der Waals surface area contributed by atoms with E-state index in [4.69, 9.17) is 18.9 Å². The van der Waals surface area contributed by atoms with Gasteiger partial charge in [-0.15, -0.1) is 10.2 Å². The van der Waals surface area contributed by atoms with E-state index < -0.39 is 21.2 Å². The molecule has 3 rings (SSSR count). The number of nitrogens with zero attached hydrogens (tertiary/aromatic N) is 5. The molecule has 0 bridgehead atoms. The molecule has 0 radical (unpaired) electrons. The third kappa shape index (κ3) is 5.04. The summed E-state index contributed by atoms with van der Waals surface area (Å²) in [4.78, 5) is 8.44. The van der Waals surface area contributed by atoms with Crippen molar-refractivity contribution in [3.8, 4) is 22.9 Å². The molecule has 12 nitrogen and oxygen atoms in total. The van der Waals surface area contributed by atoms with Gasteiger partial charge in [0.1, 0.15) is 29.6 Å². The van der Waals surface area contributed by atoms with Crippen LogP contribution in [0.2, 0.25) is 0 Å². The van der Waals surface area contributed by atoms with Crippen molar-refractivity contribution in [2.24, 2.45) is 0 Å². The number of anilines is 1. The monoisotopic (exact) mass is 492 g/mol. The van der Waals surface area contributed by atoms with Crippen LogP contribution >= 0.6 is 0 Å². The molecule has 3 aromatic rings. The first-order chi connectivity index (χ1) is 16.3. The van der Waals surface area contributed by atoms with Crippen LogP contribution < -0.4 is 18.9 Å². The summed E-state index contributed by atoms with van der Waals surface area (Å²) in [7, 11) is 2.05. The van der Waals surface area contributed by atoms with Gasteiger partial charge in [-0.2, -0.15) is 0 Å². The fraction of sp³-hybridized carbons (Fsp3) is 0.429. The minimum absolute atomic E-state index is 0.0375. The molecular weight excluding hydrogens is 464 g/mol. The van der Waals surface area contributed by atoms with Gasteiger partial charge in [0.05, 0.1) is 39.0 Å². The maximum atomic E-state index is 13.3. The van der Waals surface area contributed by atoms with Gasteiger partial charge in [-0.1, -0.05) is 13.0 Å². The molecule has 0 saturated carbocycles. The Balaban J connectivity index is 2.01. The molecule has 0 saturated heterocycles. The highest BCUT2D eigenvalue weighted by Gasteiger charge is 2.32. The largest absolute Gasteiger partial charge is 0.494 e. The van der Waals surface area contributed by atoms with Crippen LogP contribution in [-0.2, 0) is 21.4 Å². The van der Waals surface area contributed by atoms with Crippen LogP contribution in [0.25, 0.3) is 5.69 Å². The van der Waals surface area contributed by atoms with E-state index in [1.54, 1.807) is 32.0 Å². The Bertz CT molecular complexity index is 1190. The van der Waals surface area contributed by atoms with E-state index in [0.717, 1.165) is 0 Å². The highest BCUT2D eigenvalue weighted by atomic mass is 32.2. The molecule has 1 N–H and O–H groups in total. The number of rotatable bonds is 11. The third-order valence-electron chi connectivity index (χ3n) is 5.35. The Morgan fingerprint density at radius 2 is 1.59 bits per heavy atom. The first-order valence-electron chi connectivity index (χ1n) is 10.3. The van der Waals surface area contributed by atoms with Crippen LogP contribution in [0.5, 0.6) is 17.2 Å². The number of ether oxygens (including phenoxy) is 4. The van der Waals surface area contributed by atoms with E-state index in [2.05, 4.69) is 24.9 Å². The summed E-state index contributed by atoms with van der Waals surface area (Å²) in [5, 5.41) is 7.27. The molecule has 0 aliphatic carbocycles. The Hall–Kier alpha value is -3.45. The first kappa shape index (κ1) is 25.2. The second kappa shape index (κ2) is 10.7. The Kier molecular flexibility index (Phi) is 7.89. The van der Waals surface area contributed by atoms with Gasteiger partial charge in [-0.3, -0.25) is 9.29 Å². The second-order valence-corrected chi connectivity index (χ2v) is 9.38. The number of methoxy groups -OCH3 is 4. The van der Waals surface area contributed by atoms with Crippen LogP contribution in [0, 0.1) is 0 Å². The number of hydrogen-bond acceptors (Lipinski definition) is 10. The van der Waals surface area contributed by atoms with E-state index in [0.29, 0.717) is 34.6 Å². The van der Waals surface area contributed by atoms with Gasteiger partial charge >= 0.3 is 0 Å². The average molecular weight is 493 g/mol. The average Bonchev–Trinajstić information content (AvgIpc) is 3.23. The lowest BCUT2D eigenvalue weighted by Crippen LogP contribution is -2.31. The van der Waals surface area contributed by atoms with Crippen molar-refractivity contribution in [3.63, 3.8) is 0 Å². The van der Waals surface area contributed by atoms with Gasteiger partial charge in [0.15, 0.2) is 11.6 Å². The minimum atomic E-state index is -3.95. The second-order valence-electron chi connectivity index (χ2n) is 7.34.